The van der Waals surface area contributed by atoms with Gasteiger partial charge < -0.3 is 15.5 Å². The number of rotatable bonds is 5. The van der Waals surface area contributed by atoms with Crippen molar-refractivity contribution in [3.63, 3.8) is 0 Å². The Morgan fingerprint density at radius 2 is 2.23 bits per heavy atom. The molecule has 1 aliphatic rings. The lowest BCUT2D eigenvalue weighted by Crippen LogP contribution is -2.39. The maximum atomic E-state index is 12.7. The Kier molecular flexibility index (Phi) is 4.65. The molecule has 7 heteroatoms. The van der Waals surface area contributed by atoms with Gasteiger partial charge in [-0.05, 0) is 32.8 Å². The first-order chi connectivity index (χ1) is 10.7. The summed E-state index contributed by atoms with van der Waals surface area (Å²) in [6.45, 7) is 7.55. The van der Waals surface area contributed by atoms with E-state index in [2.05, 4.69) is 18.7 Å². The smallest absolute Gasteiger partial charge is 0.264 e. The molecule has 0 spiro atoms. The van der Waals surface area contributed by atoms with Gasteiger partial charge in [0.05, 0.1) is 9.58 Å². The zero-order chi connectivity index (χ0) is 15.7. The summed E-state index contributed by atoms with van der Waals surface area (Å²) >= 11 is 3.18. The van der Waals surface area contributed by atoms with Gasteiger partial charge in [-0.1, -0.05) is 11.3 Å². The van der Waals surface area contributed by atoms with E-state index in [0.717, 1.165) is 52.0 Å². The number of carbonyl (C=O) groups is 1. The Labute approximate surface area is 138 Å². The van der Waals surface area contributed by atoms with Crippen LogP contribution in [-0.4, -0.2) is 48.0 Å². The molecule has 1 atom stereocenters. The van der Waals surface area contributed by atoms with Gasteiger partial charge in [0.1, 0.15) is 4.83 Å². The molecule has 1 unspecified atom stereocenters. The predicted molar refractivity (Wildman–Crippen MR) is 94.2 cm³/mol. The molecule has 1 amide bonds. The SMILES string of the molecule is CCN(CC)c1nc2sc(C(=O)N3CCCC3CN)cc2s1. The van der Waals surface area contributed by atoms with E-state index in [1.807, 2.05) is 11.0 Å². The third-order valence-corrected chi connectivity index (χ3v) is 6.44. The normalized spacial score (nSPS) is 18.3. The monoisotopic (exact) mass is 338 g/mol. The average Bonchev–Trinajstić information content (AvgIpc) is 3.21. The van der Waals surface area contributed by atoms with Crippen LogP contribution >= 0.6 is 22.7 Å². The predicted octanol–water partition coefficient (Wildman–Crippen LogP) is 2.77. The highest BCUT2D eigenvalue weighted by Gasteiger charge is 2.29. The van der Waals surface area contributed by atoms with Gasteiger partial charge in [-0.2, -0.15) is 0 Å². The summed E-state index contributed by atoms with van der Waals surface area (Å²) in [7, 11) is 0. The highest BCUT2D eigenvalue weighted by molar-refractivity contribution is 7.29. The molecule has 0 bridgehead atoms. The maximum Gasteiger partial charge on any atom is 0.264 e. The molecule has 3 rings (SSSR count). The molecule has 2 N–H and O–H groups in total. The number of nitrogens with two attached hydrogens (primary N) is 1. The molecular formula is C15H22N4OS2. The zero-order valence-corrected chi connectivity index (χ0v) is 14.7. The molecule has 120 valence electrons. The van der Waals surface area contributed by atoms with Crippen molar-refractivity contribution in [2.45, 2.75) is 32.7 Å². The third-order valence-electron chi connectivity index (χ3n) is 4.23. The number of thiophene rings is 1. The summed E-state index contributed by atoms with van der Waals surface area (Å²) in [4.78, 5) is 23.3. The Balaban J connectivity index is 1.83. The van der Waals surface area contributed by atoms with Crippen molar-refractivity contribution in [3.8, 4) is 0 Å². The molecule has 2 aromatic heterocycles. The quantitative estimate of drug-likeness (QED) is 0.910. The number of anilines is 1. The lowest BCUT2D eigenvalue weighted by molar-refractivity contribution is 0.0746. The molecule has 5 nitrogen and oxygen atoms in total. The summed E-state index contributed by atoms with van der Waals surface area (Å²) < 4.78 is 1.11. The molecule has 2 aromatic rings. The first-order valence-electron chi connectivity index (χ1n) is 7.84. The molecular weight excluding hydrogens is 316 g/mol. The van der Waals surface area contributed by atoms with E-state index in [-0.39, 0.29) is 11.9 Å². The minimum atomic E-state index is 0.118. The fourth-order valence-electron chi connectivity index (χ4n) is 2.95. The van der Waals surface area contributed by atoms with E-state index >= 15 is 0 Å². The van der Waals surface area contributed by atoms with Crippen molar-refractivity contribution in [1.82, 2.24) is 9.88 Å². The lowest BCUT2D eigenvalue weighted by Gasteiger charge is -2.22. The van der Waals surface area contributed by atoms with Crippen LogP contribution in [0.4, 0.5) is 5.13 Å². The topological polar surface area (TPSA) is 62.5 Å². The van der Waals surface area contributed by atoms with Crippen molar-refractivity contribution in [3.05, 3.63) is 10.9 Å². The van der Waals surface area contributed by atoms with Crippen LogP contribution < -0.4 is 10.6 Å². The van der Waals surface area contributed by atoms with E-state index < -0.39 is 0 Å². The molecule has 22 heavy (non-hydrogen) atoms. The fourth-order valence-corrected chi connectivity index (χ4v) is 5.24. The van der Waals surface area contributed by atoms with E-state index in [9.17, 15) is 4.79 Å². The molecule has 0 radical (unpaired) electrons. The van der Waals surface area contributed by atoms with Crippen LogP contribution in [0.25, 0.3) is 9.53 Å². The maximum absolute atomic E-state index is 12.7. The van der Waals surface area contributed by atoms with E-state index in [1.165, 1.54) is 11.3 Å². The van der Waals surface area contributed by atoms with Gasteiger partial charge in [0, 0.05) is 32.2 Å². The summed E-state index contributed by atoms with van der Waals surface area (Å²) in [6.07, 6.45) is 2.07. The number of carbonyl (C=O) groups excluding carboxylic acids is 1. The van der Waals surface area contributed by atoms with Crippen molar-refractivity contribution in [2.75, 3.05) is 31.1 Å². The molecule has 0 saturated carbocycles. The van der Waals surface area contributed by atoms with Crippen LogP contribution in [0, 0.1) is 0 Å². The Bertz CT molecular complexity index is 630. The van der Waals surface area contributed by atoms with E-state index in [1.54, 1.807) is 11.3 Å². The van der Waals surface area contributed by atoms with Gasteiger partial charge >= 0.3 is 0 Å². The van der Waals surface area contributed by atoms with Gasteiger partial charge in [0.15, 0.2) is 5.13 Å². The van der Waals surface area contributed by atoms with Crippen molar-refractivity contribution in [2.24, 2.45) is 5.73 Å². The summed E-state index contributed by atoms with van der Waals surface area (Å²) in [5.41, 5.74) is 5.77. The van der Waals surface area contributed by atoms with Crippen molar-refractivity contribution < 1.29 is 4.79 Å². The second-order valence-electron chi connectivity index (χ2n) is 5.48. The van der Waals surface area contributed by atoms with Crippen LogP contribution in [0.2, 0.25) is 0 Å². The van der Waals surface area contributed by atoms with Gasteiger partial charge in [-0.15, -0.1) is 11.3 Å². The minimum absolute atomic E-state index is 0.118. The highest BCUT2D eigenvalue weighted by atomic mass is 32.1. The Morgan fingerprint density at radius 3 is 2.86 bits per heavy atom. The molecule has 1 fully saturated rings. The van der Waals surface area contributed by atoms with E-state index in [4.69, 9.17) is 10.7 Å². The lowest BCUT2D eigenvalue weighted by atomic mass is 10.2. The summed E-state index contributed by atoms with van der Waals surface area (Å²) in [6, 6.07) is 2.20. The summed E-state index contributed by atoms with van der Waals surface area (Å²) in [5.74, 6) is 0.118. The van der Waals surface area contributed by atoms with Crippen molar-refractivity contribution >= 4 is 43.2 Å². The Hall–Kier alpha value is -1.18. The molecule has 0 aliphatic carbocycles. The number of nitrogens with zero attached hydrogens (tertiary/aromatic N) is 3. The van der Waals surface area contributed by atoms with Crippen LogP contribution in [0.5, 0.6) is 0 Å². The van der Waals surface area contributed by atoms with Gasteiger partial charge in [0.25, 0.3) is 5.91 Å². The number of hydrogen-bond acceptors (Lipinski definition) is 6. The van der Waals surface area contributed by atoms with Gasteiger partial charge in [-0.25, -0.2) is 4.98 Å². The second-order valence-corrected chi connectivity index (χ2v) is 7.52. The number of hydrogen-bond donors (Lipinski definition) is 1. The third kappa shape index (κ3) is 2.73. The second kappa shape index (κ2) is 6.52. The molecule has 0 aromatic carbocycles. The molecule has 1 aliphatic heterocycles. The fraction of sp³-hybridized carbons (Fsp3) is 0.600. The Morgan fingerprint density at radius 1 is 1.45 bits per heavy atom. The standard InChI is InChI=1S/C15H22N4OS2/c1-3-18(4-2)15-17-13-11(22-15)8-12(21-13)14(20)19-7-5-6-10(19)9-16/h8,10H,3-7,9,16H2,1-2H3. The van der Waals surface area contributed by atoms with Crippen LogP contribution in [0.15, 0.2) is 6.07 Å². The first kappa shape index (κ1) is 15.7. The number of fused-ring (bicyclic) bond motifs is 1. The van der Waals surface area contributed by atoms with Crippen LogP contribution in [0.3, 0.4) is 0 Å². The number of aromatic nitrogens is 1. The number of thiazole rings is 1. The van der Waals surface area contributed by atoms with Crippen LogP contribution in [0.1, 0.15) is 36.4 Å². The van der Waals surface area contributed by atoms with Gasteiger partial charge in [0.2, 0.25) is 0 Å². The highest BCUT2D eigenvalue weighted by Crippen LogP contribution is 2.35. The van der Waals surface area contributed by atoms with Crippen LogP contribution in [-0.2, 0) is 0 Å². The average molecular weight is 339 g/mol. The molecule has 3 heterocycles. The van der Waals surface area contributed by atoms with Gasteiger partial charge in [-0.3, -0.25) is 4.79 Å². The number of amides is 1. The summed E-state index contributed by atoms with van der Waals surface area (Å²) in [5, 5.41) is 1.05. The minimum Gasteiger partial charge on any atom is -0.349 e. The van der Waals surface area contributed by atoms with E-state index in [0.29, 0.717) is 6.54 Å². The van der Waals surface area contributed by atoms with Crippen molar-refractivity contribution in [1.29, 1.82) is 0 Å². The number of likely N-dealkylation sites (tertiary alicyclic amines) is 1. The largest absolute Gasteiger partial charge is 0.349 e. The molecule has 1 saturated heterocycles. The first-order valence-corrected chi connectivity index (χ1v) is 9.47. The zero-order valence-electron chi connectivity index (χ0n) is 13.0.